The second kappa shape index (κ2) is 6.44. The van der Waals surface area contributed by atoms with Crippen LogP contribution in [0.3, 0.4) is 0 Å². The van der Waals surface area contributed by atoms with Crippen molar-refractivity contribution in [1.29, 1.82) is 0 Å². The molecule has 3 rings (SSSR count). The van der Waals surface area contributed by atoms with Gasteiger partial charge in [-0.3, -0.25) is 0 Å². The molecule has 1 N–H and O–H groups in total. The van der Waals surface area contributed by atoms with E-state index in [1.54, 1.807) is 0 Å². The third kappa shape index (κ3) is 4.10. The monoisotopic (exact) mass is 291 g/mol. The first-order chi connectivity index (χ1) is 9.79. The Morgan fingerprint density at radius 3 is 2.80 bits per heavy atom. The van der Waals surface area contributed by atoms with Gasteiger partial charge in [-0.2, -0.15) is 0 Å². The molecule has 2 aromatic rings. The summed E-state index contributed by atoms with van der Waals surface area (Å²) in [5.41, 5.74) is 1.07. The largest absolute Gasteiger partial charge is 0.462 e. The first-order valence-corrected chi connectivity index (χ1v) is 7.30. The van der Waals surface area contributed by atoms with Crippen LogP contribution >= 0.6 is 11.6 Å². The molecule has 1 aromatic heterocycles. The molecule has 106 valence electrons. The molecule has 0 atom stereocenters. The van der Waals surface area contributed by atoms with E-state index in [1.165, 1.54) is 12.8 Å². The van der Waals surface area contributed by atoms with Crippen LogP contribution in [0, 0.1) is 0 Å². The smallest absolute Gasteiger partial charge is 0.129 e. The van der Waals surface area contributed by atoms with Crippen LogP contribution in [0.2, 0.25) is 5.02 Å². The van der Waals surface area contributed by atoms with E-state index in [9.17, 15) is 0 Å². The molecule has 0 bridgehead atoms. The van der Waals surface area contributed by atoms with Gasteiger partial charge in [0.1, 0.15) is 18.1 Å². The van der Waals surface area contributed by atoms with Crippen LogP contribution < -0.4 is 5.32 Å². The van der Waals surface area contributed by atoms with E-state index in [1.807, 2.05) is 36.4 Å². The third-order valence-electron chi connectivity index (χ3n) is 3.26. The Morgan fingerprint density at radius 1 is 1.15 bits per heavy atom. The standard InChI is InChI=1S/C16H18ClNO2/c17-13-3-1-2-12(8-13)10-19-11-16-7-6-15(20-16)9-18-14-4-5-14/h1-3,6-8,14,18H,4-5,9-11H2. The molecular weight excluding hydrogens is 274 g/mol. The summed E-state index contributed by atoms with van der Waals surface area (Å²) in [6.07, 6.45) is 2.58. The zero-order valence-corrected chi connectivity index (χ0v) is 12.0. The minimum Gasteiger partial charge on any atom is -0.462 e. The van der Waals surface area contributed by atoms with Crippen LogP contribution in [0.15, 0.2) is 40.8 Å². The molecule has 4 heteroatoms. The van der Waals surface area contributed by atoms with Crippen molar-refractivity contribution in [3.8, 4) is 0 Å². The maximum Gasteiger partial charge on any atom is 0.129 e. The average molecular weight is 292 g/mol. The van der Waals surface area contributed by atoms with Crippen molar-refractivity contribution in [2.45, 2.75) is 38.6 Å². The molecule has 3 nitrogen and oxygen atoms in total. The number of benzene rings is 1. The van der Waals surface area contributed by atoms with Gasteiger partial charge in [0.2, 0.25) is 0 Å². The molecule has 1 aliphatic carbocycles. The molecule has 0 amide bonds. The van der Waals surface area contributed by atoms with Crippen molar-refractivity contribution in [1.82, 2.24) is 5.32 Å². The van der Waals surface area contributed by atoms with Crippen molar-refractivity contribution in [2.75, 3.05) is 0 Å². The normalized spacial score (nSPS) is 14.7. The van der Waals surface area contributed by atoms with Gasteiger partial charge >= 0.3 is 0 Å². The highest BCUT2D eigenvalue weighted by Gasteiger charge is 2.20. The Labute approximate surface area is 123 Å². The molecule has 0 radical (unpaired) electrons. The number of rotatable bonds is 7. The Balaban J connectivity index is 1.43. The Kier molecular flexibility index (Phi) is 4.41. The molecule has 0 spiro atoms. The predicted octanol–water partition coefficient (Wildman–Crippen LogP) is 3.90. The lowest BCUT2D eigenvalue weighted by molar-refractivity contribution is 0.0920. The van der Waals surface area contributed by atoms with E-state index in [0.29, 0.717) is 19.3 Å². The predicted molar refractivity (Wildman–Crippen MR) is 78.5 cm³/mol. The molecule has 0 saturated heterocycles. The second-order valence-corrected chi connectivity index (χ2v) is 5.58. The van der Waals surface area contributed by atoms with Gasteiger partial charge in [-0.15, -0.1) is 0 Å². The van der Waals surface area contributed by atoms with Gasteiger partial charge < -0.3 is 14.5 Å². The fourth-order valence-corrected chi connectivity index (χ4v) is 2.24. The quantitative estimate of drug-likeness (QED) is 0.840. The minimum atomic E-state index is 0.482. The number of ether oxygens (including phenoxy) is 1. The number of hydrogen-bond donors (Lipinski definition) is 1. The molecule has 0 unspecified atom stereocenters. The lowest BCUT2D eigenvalue weighted by Gasteiger charge is -2.03. The van der Waals surface area contributed by atoms with Gasteiger partial charge in [0, 0.05) is 11.1 Å². The summed E-state index contributed by atoms with van der Waals surface area (Å²) in [5.74, 6) is 1.83. The molecule has 1 heterocycles. The molecule has 1 aliphatic rings. The summed E-state index contributed by atoms with van der Waals surface area (Å²) in [7, 11) is 0. The van der Waals surface area contributed by atoms with Crippen molar-refractivity contribution in [3.05, 3.63) is 58.5 Å². The van der Waals surface area contributed by atoms with Crippen molar-refractivity contribution >= 4 is 11.6 Å². The molecule has 0 aliphatic heterocycles. The maximum absolute atomic E-state index is 5.93. The first kappa shape index (κ1) is 13.7. The highest BCUT2D eigenvalue weighted by Crippen LogP contribution is 2.20. The zero-order chi connectivity index (χ0) is 13.8. The van der Waals surface area contributed by atoms with E-state index in [2.05, 4.69) is 5.32 Å². The summed E-state index contributed by atoms with van der Waals surface area (Å²) in [4.78, 5) is 0. The average Bonchev–Trinajstić information content (AvgIpc) is 3.16. The summed E-state index contributed by atoms with van der Waals surface area (Å²) in [6.45, 7) is 1.83. The van der Waals surface area contributed by atoms with E-state index >= 15 is 0 Å². The highest BCUT2D eigenvalue weighted by atomic mass is 35.5. The summed E-state index contributed by atoms with van der Waals surface area (Å²) in [6, 6.07) is 12.4. The number of halogens is 1. The van der Waals surface area contributed by atoms with Gasteiger partial charge in [-0.1, -0.05) is 23.7 Å². The number of nitrogens with one attached hydrogen (secondary N) is 1. The summed E-state index contributed by atoms with van der Waals surface area (Å²) >= 11 is 5.93. The Bertz CT molecular complexity index is 563. The van der Waals surface area contributed by atoms with Gasteiger partial charge in [0.25, 0.3) is 0 Å². The second-order valence-electron chi connectivity index (χ2n) is 5.15. The van der Waals surface area contributed by atoms with Gasteiger partial charge in [0.15, 0.2) is 0 Å². The lowest BCUT2D eigenvalue weighted by atomic mass is 10.2. The summed E-state index contributed by atoms with van der Waals surface area (Å²) in [5, 5.41) is 4.16. The molecule has 1 saturated carbocycles. The van der Waals surface area contributed by atoms with E-state index in [0.717, 1.165) is 28.7 Å². The van der Waals surface area contributed by atoms with Crippen molar-refractivity contribution in [2.24, 2.45) is 0 Å². The van der Waals surface area contributed by atoms with Gasteiger partial charge in [-0.25, -0.2) is 0 Å². The Hall–Kier alpha value is -1.29. The fourth-order valence-electron chi connectivity index (χ4n) is 2.02. The van der Waals surface area contributed by atoms with Crippen LogP contribution in [0.1, 0.15) is 29.9 Å². The zero-order valence-electron chi connectivity index (χ0n) is 11.3. The van der Waals surface area contributed by atoms with Gasteiger partial charge in [0.05, 0.1) is 13.2 Å². The first-order valence-electron chi connectivity index (χ1n) is 6.93. The van der Waals surface area contributed by atoms with E-state index in [-0.39, 0.29) is 0 Å². The van der Waals surface area contributed by atoms with Crippen molar-refractivity contribution < 1.29 is 9.15 Å². The highest BCUT2D eigenvalue weighted by molar-refractivity contribution is 6.30. The maximum atomic E-state index is 5.93. The van der Waals surface area contributed by atoms with Crippen LogP contribution in [0.25, 0.3) is 0 Å². The van der Waals surface area contributed by atoms with Gasteiger partial charge in [-0.05, 0) is 42.7 Å². The van der Waals surface area contributed by atoms with Crippen LogP contribution in [0.4, 0.5) is 0 Å². The number of hydrogen-bond acceptors (Lipinski definition) is 3. The van der Waals surface area contributed by atoms with Crippen LogP contribution in [-0.2, 0) is 24.5 Å². The molecule has 1 fully saturated rings. The fraction of sp³-hybridized carbons (Fsp3) is 0.375. The molecular formula is C16H18ClNO2. The summed E-state index contributed by atoms with van der Waals surface area (Å²) < 4.78 is 11.3. The van der Waals surface area contributed by atoms with Crippen LogP contribution in [0.5, 0.6) is 0 Å². The SMILES string of the molecule is Clc1cccc(COCc2ccc(CNC3CC3)o2)c1. The Morgan fingerprint density at radius 2 is 2.00 bits per heavy atom. The van der Waals surface area contributed by atoms with E-state index < -0.39 is 0 Å². The topological polar surface area (TPSA) is 34.4 Å². The lowest BCUT2D eigenvalue weighted by Crippen LogP contribution is -2.14. The van der Waals surface area contributed by atoms with E-state index in [4.69, 9.17) is 20.8 Å². The number of furan rings is 1. The third-order valence-corrected chi connectivity index (χ3v) is 3.50. The van der Waals surface area contributed by atoms with Crippen LogP contribution in [-0.4, -0.2) is 6.04 Å². The molecule has 20 heavy (non-hydrogen) atoms. The van der Waals surface area contributed by atoms with Crippen molar-refractivity contribution in [3.63, 3.8) is 0 Å². The molecule has 1 aromatic carbocycles. The minimum absolute atomic E-state index is 0.482.